The smallest absolute Gasteiger partial charge is 0.319 e. The van der Waals surface area contributed by atoms with E-state index in [0.717, 1.165) is 36.9 Å². The number of ether oxygens (including phenoxy) is 2. The topological polar surface area (TPSA) is 102 Å². The van der Waals surface area contributed by atoms with Crippen LogP contribution in [0.5, 0.6) is 11.8 Å². The summed E-state index contributed by atoms with van der Waals surface area (Å²) in [6.45, 7) is 2.58. The first-order chi connectivity index (χ1) is 20.9. The number of thiazole rings is 1. The molecule has 13 heteroatoms. The Bertz CT molecular complexity index is 1810. The monoisotopic (exact) mass is 625 g/mol. The normalized spacial score (nSPS) is 29.6. The maximum absolute atomic E-state index is 16.9. The van der Waals surface area contributed by atoms with Gasteiger partial charge in [0.05, 0.1) is 32.2 Å². The third-order valence-corrected chi connectivity index (χ3v) is 11.3. The van der Waals surface area contributed by atoms with Crippen LogP contribution in [0.25, 0.3) is 32.2 Å². The van der Waals surface area contributed by atoms with Gasteiger partial charge in [-0.2, -0.15) is 9.97 Å². The number of hydrogen-bond acceptors (Lipinski definition) is 10. The van der Waals surface area contributed by atoms with Crippen molar-refractivity contribution in [1.82, 2.24) is 25.2 Å². The Morgan fingerprint density at radius 3 is 3.02 bits per heavy atom. The van der Waals surface area contributed by atoms with E-state index in [4.69, 9.17) is 31.8 Å². The maximum Gasteiger partial charge on any atom is 0.319 e. The van der Waals surface area contributed by atoms with Crippen molar-refractivity contribution >= 4 is 55.0 Å². The molecule has 2 bridgehead atoms. The number of halogens is 3. The highest BCUT2D eigenvalue weighted by atomic mass is 35.5. The predicted molar refractivity (Wildman–Crippen MR) is 163 cm³/mol. The van der Waals surface area contributed by atoms with Gasteiger partial charge in [-0.05, 0) is 38.3 Å². The van der Waals surface area contributed by atoms with Crippen LogP contribution in [0, 0.1) is 5.82 Å². The van der Waals surface area contributed by atoms with Gasteiger partial charge < -0.3 is 25.4 Å². The molecule has 0 spiro atoms. The van der Waals surface area contributed by atoms with Crippen molar-refractivity contribution in [2.45, 2.75) is 61.9 Å². The van der Waals surface area contributed by atoms with Gasteiger partial charge in [-0.25, -0.2) is 13.8 Å². The van der Waals surface area contributed by atoms with E-state index in [2.05, 4.69) is 25.1 Å². The van der Waals surface area contributed by atoms with Gasteiger partial charge in [-0.1, -0.05) is 35.1 Å². The molecular weight excluding hydrogens is 596 g/mol. The van der Waals surface area contributed by atoms with Gasteiger partial charge in [0, 0.05) is 42.7 Å². The molecule has 2 aromatic heterocycles. The highest BCUT2D eigenvalue weighted by molar-refractivity contribution is 7.22. The molecule has 3 N–H and O–H groups in total. The van der Waals surface area contributed by atoms with Crippen LogP contribution in [0.4, 0.5) is 19.7 Å². The standard InChI is InChI=1S/C30H30ClF2N7O2S/c31-22-20(16-3-1-4-19-24(16)36-28(34)43-19)23(33)25-21-26(22)41-12-18-17-6-5-15(35-17)11-40(18)27(21)38-29(37-25)42-13-30-7-2-8-39(30)10-14(32)9-30/h1,3-4,14-15,17-18,35H,2,5-13H2,(H2,34,36)/t14-,15-,17+,18-,30+/m1/s1. The fourth-order valence-electron chi connectivity index (χ4n) is 8.20. The molecule has 5 aliphatic rings. The number of anilines is 2. The second kappa shape index (κ2) is 9.47. The fraction of sp³-hybridized carbons (Fsp3) is 0.500. The summed E-state index contributed by atoms with van der Waals surface area (Å²) >= 11 is 8.40. The van der Waals surface area contributed by atoms with Gasteiger partial charge in [0.15, 0.2) is 16.7 Å². The van der Waals surface area contributed by atoms with Gasteiger partial charge in [-0.3, -0.25) is 4.90 Å². The Morgan fingerprint density at radius 2 is 2.12 bits per heavy atom. The Kier molecular flexibility index (Phi) is 5.80. The van der Waals surface area contributed by atoms with Gasteiger partial charge in [0.25, 0.3) is 0 Å². The summed E-state index contributed by atoms with van der Waals surface area (Å²) < 4.78 is 45.0. The van der Waals surface area contributed by atoms with Crippen LogP contribution in [0.1, 0.15) is 32.1 Å². The fourth-order valence-corrected chi connectivity index (χ4v) is 9.30. The summed E-state index contributed by atoms with van der Waals surface area (Å²) in [5.41, 5.74) is 6.97. The van der Waals surface area contributed by atoms with Gasteiger partial charge in [0.2, 0.25) is 0 Å². The number of hydrogen-bond donors (Lipinski definition) is 2. The molecule has 224 valence electrons. The lowest BCUT2D eigenvalue weighted by Crippen LogP contribution is -2.60. The first-order valence-electron chi connectivity index (χ1n) is 14.9. The maximum atomic E-state index is 16.9. The van der Waals surface area contributed by atoms with Crippen molar-refractivity contribution in [3.05, 3.63) is 29.0 Å². The first kappa shape index (κ1) is 26.4. The minimum absolute atomic E-state index is 0.0208. The number of rotatable bonds is 4. The molecule has 2 aromatic carbocycles. The first-order valence-corrected chi connectivity index (χ1v) is 16.1. The molecule has 0 radical (unpaired) electrons. The molecule has 4 saturated heterocycles. The van der Waals surface area contributed by atoms with Crippen LogP contribution in [-0.2, 0) is 0 Å². The van der Waals surface area contributed by atoms with Crippen molar-refractivity contribution in [3.63, 3.8) is 0 Å². The van der Waals surface area contributed by atoms with E-state index < -0.39 is 12.0 Å². The number of para-hydroxylation sites is 1. The zero-order valence-corrected chi connectivity index (χ0v) is 24.9. The Balaban J connectivity index is 1.24. The van der Waals surface area contributed by atoms with E-state index in [1.807, 2.05) is 12.1 Å². The highest BCUT2D eigenvalue weighted by Gasteiger charge is 2.50. The van der Waals surface area contributed by atoms with Crippen molar-refractivity contribution in [3.8, 4) is 22.9 Å². The lowest BCUT2D eigenvalue weighted by atomic mass is 9.95. The van der Waals surface area contributed by atoms with Crippen molar-refractivity contribution < 1.29 is 18.3 Å². The van der Waals surface area contributed by atoms with E-state index >= 15 is 4.39 Å². The Hall–Kier alpha value is -3.06. The van der Waals surface area contributed by atoms with Gasteiger partial charge in [-0.15, -0.1) is 0 Å². The van der Waals surface area contributed by atoms with Crippen molar-refractivity contribution in [1.29, 1.82) is 0 Å². The number of aromatic nitrogens is 3. The molecule has 0 amide bonds. The molecule has 5 atom stereocenters. The molecule has 4 aromatic rings. The zero-order chi connectivity index (χ0) is 29.0. The van der Waals surface area contributed by atoms with E-state index in [0.29, 0.717) is 65.3 Å². The number of piperazine rings is 1. The molecular formula is C30H30ClF2N7O2S. The zero-order valence-electron chi connectivity index (χ0n) is 23.3. The number of benzene rings is 2. The number of nitrogens with zero attached hydrogens (tertiary/aromatic N) is 5. The summed E-state index contributed by atoms with van der Waals surface area (Å²) in [4.78, 5) is 18.5. The average molecular weight is 626 g/mol. The van der Waals surface area contributed by atoms with E-state index in [-0.39, 0.29) is 46.3 Å². The summed E-state index contributed by atoms with van der Waals surface area (Å²) in [7, 11) is 0. The Morgan fingerprint density at radius 1 is 1.21 bits per heavy atom. The molecule has 43 heavy (non-hydrogen) atoms. The molecule has 5 aliphatic heterocycles. The minimum atomic E-state index is -0.882. The van der Waals surface area contributed by atoms with Crippen molar-refractivity contribution in [2.75, 3.05) is 43.5 Å². The second-order valence-electron chi connectivity index (χ2n) is 12.5. The van der Waals surface area contributed by atoms with Gasteiger partial charge in [0.1, 0.15) is 30.7 Å². The molecule has 0 saturated carbocycles. The summed E-state index contributed by atoms with van der Waals surface area (Å²) in [6, 6.07) is 6.09. The summed E-state index contributed by atoms with van der Waals surface area (Å²) in [6.07, 6.45) is 3.46. The number of fused-ring (bicyclic) bond motifs is 7. The van der Waals surface area contributed by atoms with Crippen LogP contribution < -0.4 is 25.4 Å². The van der Waals surface area contributed by atoms with Crippen LogP contribution in [-0.4, -0.2) is 82.5 Å². The third-order valence-electron chi connectivity index (χ3n) is 10.1. The summed E-state index contributed by atoms with van der Waals surface area (Å²) in [5, 5.41) is 4.69. The molecule has 9 rings (SSSR count). The lowest BCUT2D eigenvalue weighted by molar-refractivity contribution is 0.107. The van der Waals surface area contributed by atoms with Crippen LogP contribution >= 0.6 is 22.9 Å². The average Bonchev–Trinajstić information content (AvgIpc) is 3.72. The number of nitrogen functional groups attached to an aromatic ring is 1. The molecule has 9 nitrogen and oxygen atoms in total. The van der Waals surface area contributed by atoms with Crippen LogP contribution in [0.2, 0.25) is 5.02 Å². The van der Waals surface area contributed by atoms with Crippen LogP contribution in [0.3, 0.4) is 0 Å². The minimum Gasteiger partial charge on any atom is -0.489 e. The molecule has 7 heterocycles. The third kappa shape index (κ3) is 3.89. The van der Waals surface area contributed by atoms with E-state index in [1.165, 1.54) is 11.3 Å². The lowest BCUT2D eigenvalue weighted by Gasteiger charge is -2.40. The molecule has 4 fully saturated rings. The molecule has 0 aliphatic carbocycles. The second-order valence-corrected chi connectivity index (χ2v) is 14.0. The van der Waals surface area contributed by atoms with Crippen molar-refractivity contribution in [2.24, 2.45) is 0 Å². The number of nitrogens with two attached hydrogens (primary N) is 1. The van der Waals surface area contributed by atoms with E-state index in [1.54, 1.807) is 6.07 Å². The van der Waals surface area contributed by atoms with Gasteiger partial charge >= 0.3 is 6.01 Å². The van der Waals surface area contributed by atoms with E-state index in [9.17, 15) is 4.39 Å². The SMILES string of the molecule is Nc1nc2c(-c3c(Cl)c4c5c(nc(OC[C@@]67CCCN6C[C@H](F)C7)nc5c3F)N3C[C@H]5CC[C@H](N5)[C@H]3CO4)cccc2s1. The number of alkyl halides is 1. The predicted octanol–water partition coefficient (Wildman–Crippen LogP) is 4.94. The van der Waals surface area contributed by atoms with Crippen LogP contribution in [0.15, 0.2) is 18.2 Å². The Labute approximate surface area is 255 Å². The highest BCUT2D eigenvalue weighted by Crippen LogP contribution is 2.50. The quantitative estimate of drug-likeness (QED) is 0.327. The largest absolute Gasteiger partial charge is 0.489 e. The summed E-state index contributed by atoms with van der Waals surface area (Å²) in [5.74, 6) is 0.327. The molecule has 0 unspecified atom stereocenters. The number of nitrogens with one attached hydrogen (secondary N) is 1.